The van der Waals surface area contributed by atoms with E-state index in [9.17, 15) is 14.4 Å². The van der Waals surface area contributed by atoms with Crippen LogP contribution in [0.15, 0.2) is 12.2 Å². The van der Waals surface area contributed by atoms with Crippen molar-refractivity contribution in [3.05, 3.63) is 12.2 Å². The van der Waals surface area contributed by atoms with Crippen LogP contribution in [-0.2, 0) is 14.4 Å². The first kappa shape index (κ1) is 13.4. The molecule has 1 aliphatic heterocycles. The van der Waals surface area contributed by atoms with Crippen molar-refractivity contribution in [2.75, 3.05) is 6.54 Å². The number of rotatable bonds is 5. The van der Waals surface area contributed by atoms with Crippen molar-refractivity contribution in [3.63, 3.8) is 0 Å². The van der Waals surface area contributed by atoms with Crippen LogP contribution in [0.1, 0.15) is 27.2 Å². The molecule has 1 atom stereocenters. The third-order valence-corrected chi connectivity index (χ3v) is 2.85. The van der Waals surface area contributed by atoms with Gasteiger partial charge < -0.3 is 5.32 Å². The third-order valence-electron chi connectivity index (χ3n) is 2.85. The first-order valence-corrected chi connectivity index (χ1v) is 5.74. The monoisotopic (exact) mass is 238 g/mol. The second kappa shape index (κ2) is 5.61. The lowest BCUT2D eigenvalue weighted by molar-refractivity contribution is -0.137. The van der Waals surface area contributed by atoms with E-state index in [2.05, 4.69) is 5.32 Å². The first-order chi connectivity index (χ1) is 7.91. The van der Waals surface area contributed by atoms with E-state index >= 15 is 0 Å². The van der Waals surface area contributed by atoms with Gasteiger partial charge in [0, 0.05) is 31.2 Å². The maximum atomic E-state index is 11.5. The fourth-order valence-corrected chi connectivity index (χ4v) is 1.36. The molecule has 1 N–H and O–H groups in total. The first-order valence-electron chi connectivity index (χ1n) is 5.74. The summed E-state index contributed by atoms with van der Waals surface area (Å²) < 4.78 is 0. The fraction of sp³-hybridized carbons (Fsp3) is 0.583. The molecule has 0 aromatic carbocycles. The normalized spacial score (nSPS) is 16.8. The van der Waals surface area contributed by atoms with Crippen molar-refractivity contribution in [2.24, 2.45) is 5.92 Å². The van der Waals surface area contributed by atoms with E-state index in [1.165, 1.54) is 12.2 Å². The molecule has 0 aromatic rings. The molecule has 94 valence electrons. The number of hydrogen-bond donors (Lipinski definition) is 1. The van der Waals surface area contributed by atoms with E-state index in [1.54, 1.807) is 0 Å². The third kappa shape index (κ3) is 3.69. The molecule has 0 aliphatic carbocycles. The van der Waals surface area contributed by atoms with Gasteiger partial charge in [-0.2, -0.15) is 0 Å². The highest BCUT2D eigenvalue weighted by Crippen LogP contribution is 2.05. The van der Waals surface area contributed by atoms with Crippen molar-refractivity contribution in [1.82, 2.24) is 10.2 Å². The Balaban J connectivity index is 2.34. The van der Waals surface area contributed by atoms with Crippen molar-refractivity contribution in [1.29, 1.82) is 0 Å². The largest absolute Gasteiger partial charge is 0.353 e. The van der Waals surface area contributed by atoms with Crippen molar-refractivity contribution >= 4 is 17.7 Å². The Labute approximate surface area is 101 Å². The summed E-state index contributed by atoms with van der Waals surface area (Å²) in [5.41, 5.74) is 0. The van der Waals surface area contributed by atoms with E-state index in [4.69, 9.17) is 0 Å². The summed E-state index contributed by atoms with van der Waals surface area (Å²) in [6.07, 6.45) is 2.59. The highest BCUT2D eigenvalue weighted by Gasteiger charge is 2.23. The molecule has 1 heterocycles. The summed E-state index contributed by atoms with van der Waals surface area (Å²) >= 11 is 0. The molecule has 5 heteroatoms. The van der Waals surface area contributed by atoms with Gasteiger partial charge >= 0.3 is 0 Å². The zero-order chi connectivity index (χ0) is 13.0. The van der Waals surface area contributed by atoms with Crippen LogP contribution in [0.2, 0.25) is 0 Å². The van der Waals surface area contributed by atoms with E-state index in [0.717, 1.165) is 4.90 Å². The molecule has 1 rings (SSSR count). The van der Waals surface area contributed by atoms with E-state index in [0.29, 0.717) is 5.92 Å². The average Bonchev–Trinajstić information content (AvgIpc) is 2.56. The smallest absolute Gasteiger partial charge is 0.253 e. The fourth-order valence-electron chi connectivity index (χ4n) is 1.36. The van der Waals surface area contributed by atoms with Gasteiger partial charge in [-0.15, -0.1) is 0 Å². The molecule has 17 heavy (non-hydrogen) atoms. The Morgan fingerprint density at radius 3 is 2.24 bits per heavy atom. The molecule has 0 radical (unpaired) electrons. The number of imide groups is 1. The van der Waals surface area contributed by atoms with Gasteiger partial charge in [-0.3, -0.25) is 19.3 Å². The SMILES string of the molecule is CC(C)C(C)NC(=O)CCN1C(=O)C=CC1=O. The molecule has 0 bridgehead atoms. The minimum Gasteiger partial charge on any atom is -0.353 e. The Hall–Kier alpha value is -1.65. The lowest BCUT2D eigenvalue weighted by Gasteiger charge is -2.18. The molecule has 1 unspecified atom stereocenters. The quantitative estimate of drug-likeness (QED) is 0.708. The van der Waals surface area contributed by atoms with Gasteiger partial charge in [0.05, 0.1) is 0 Å². The summed E-state index contributed by atoms with van der Waals surface area (Å²) in [6, 6.07) is 0.0885. The van der Waals surface area contributed by atoms with Crippen LogP contribution in [0.5, 0.6) is 0 Å². The lowest BCUT2D eigenvalue weighted by atomic mass is 10.1. The van der Waals surface area contributed by atoms with Gasteiger partial charge in [0.25, 0.3) is 11.8 Å². The van der Waals surface area contributed by atoms with E-state index < -0.39 is 0 Å². The minimum absolute atomic E-state index is 0.0885. The van der Waals surface area contributed by atoms with Crippen molar-refractivity contribution < 1.29 is 14.4 Å². The summed E-state index contributed by atoms with van der Waals surface area (Å²) in [6.45, 7) is 6.10. The van der Waals surface area contributed by atoms with Gasteiger partial charge in [0.2, 0.25) is 5.91 Å². The highest BCUT2D eigenvalue weighted by molar-refractivity contribution is 6.13. The molecule has 5 nitrogen and oxygen atoms in total. The van der Waals surface area contributed by atoms with Gasteiger partial charge in [0.1, 0.15) is 0 Å². The maximum absolute atomic E-state index is 11.5. The predicted octanol–water partition coefficient (Wildman–Crippen LogP) is 0.462. The van der Waals surface area contributed by atoms with Crippen LogP contribution in [0.3, 0.4) is 0 Å². The minimum atomic E-state index is -0.347. The number of carbonyl (C=O) groups excluding carboxylic acids is 3. The van der Waals surface area contributed by atoms with Crippen LogP contribution < -0.4 is 5.32 Å². The zero-order valence-electron chi connectivity index (χ0n) is 10.4. The maximum Gasteiger partial charge on any atom is 0.253 e. The molecule has 3 amide bonds. The van der Waals surface area contributed by atoms with Crippen LogP contribution in [-0.4, -0.2) is 35.2 Å². The predicted molar refractivity (Wildman–Crippen MR) is 62.9 cm³/mol. The second-order valence-electron chi connectivity index (χ2n) is 4.51. The zero-order valence-corrected chi connectivity index (χ0v) is 10.4. The van der Waals surface area contributed by atoms with Gasteiger partial charge in [-0.25, -0.2) is 0 Å². The molecule has 0 saturated carbocycles. The van der Waals surface area contributed by atoms with Crippen LogP contribution in [0.25, 0.3) is 0 Å². The van der Waals surface area contributed by atoms with Crippen molar-refractivity contribution in [2.45, 2.75) is 33.2 Å². The van der Waals surface area contributed by atoms with Gasteiger partial charge in [-0.1, -0.05) is 13.8 Å². The van der Waals surface area contributed by atoms with Gasteiger partial charge in [0.15, 0.2) is 0 Å². The molecular formula is C12H18N2O3. The highest BCUT2D eigenvalue weighted by atomic mass is 16.2. The van der Waals surface area contributed by atoms with Crippen LogP contribution in [0.4, 0.5) is 0 Å². The number of nitrogens with one attached hydrogen (secondary N) is 1. The topological polar surface area (TPSA) is 66.5 Å². The Morgan fingerprint density at radius 1 is 1.24 bits per heavy atom. The Bertz CT molecular complexity index is 343. The number of amides is 3. The van der Waals surface area contributed by atoms with Crippen LogP contribution in [0, 0.1) is 5.92 Å². The molecular weight excluding hydrogens is 220 g/mol. The van der Waals surface area contributed by atoms with Gasteiger partial charge in [-0.05, 0) is 12.8 Å². The molecule has 1 aliphatic rings. The summed E-state index contributed by atoms with van der Waals surface area (Å²) in [7, 11) is 0. The summed E-state index contributed by atoms with van der Waals surface area (Å²) in [5, 5.41) is 2.82. The number of hydrogen-bond acceptors (Lipinski definition) is 3. The van der Waals surface area contributed by atoms with Crippen molar-refractivity contribution in [3.8, 4) is 0 Å². The summed E-state index contributed by atoms with van der Waals surface area (Å²) in [5.74, 6) is -0.478. The Kier molecular flexibility index (Phi) is 4.43. The molecule has 0 saturated heterocycles. The number of nitrogens with zero attached hydrogens (tertiary/aromatic N) is 1. The summed E-state index contributed by atoms with van der Waals surface area (Å²) in [4.78, 5) is 35.0. The lowest BCUT2D eigenvalue weighted by Crippen LogP contribution is -2.39. The molecule has 0 spiro atoms. The van der Waals surface area contributed by atoms with E-state index in [-0.39, 0.29) is 36.7 Å². The Morgan fingerprint density at radius 2 is 1.76 bits per heavy atom. The molecule has 0 fully saturated rings. The average molecular weight is 238 g/mol. The molecule has 0 aromatic heterocycles. The second-order valence-corrected chi connectivity index (χ2v) is 4.51. The van der Waals surface area contributed by atoms with E-state index in [1.807, 2.05) is 20.8 Å². The standard InChI is InChI=1S/C12H18N2O3/c1-8(2)9(3)13-10(15)6-7-14-11(16)4-5-12(14)17/h4-5,8-9H,6-7H2,1-3H3,(H,13,15). The number of carbonyl (C=O) groups is 3. The van der Waals surface area contributed by atoms with Crippen LogP contribution >= 0.6 is 0 Å².